The Bertz CT molecular complexity index is 1720. The van der Waals surface area contributed by atoms with E-state index >= 15 is 0 Å². The first kappa shape index (κ1) is 87.1. The molecule has 5 atom stereocenters. The molecule has 0 aliphatic heterocycles. The lowest BCUT2D eigenvalue weighted by molar-refractivity contribution is -0.161. The number of hydrogen-bond donors (Lipinski definition) is 3. The van der Waals surface area contributed by atoms with Crippen LogP contribution >= 0.6 is 15.6 Å². The van der Waals surface area contributed by atoms with Gasteiger partial charge in [-0.2, -0.15) is 0 Å². The van der Waals surface area contributed by atoms with Gasteiger partial charge in [-0.3, -0.25) is 37.3 Å². The number of unbranched alkanes of at least 4 members (excludes halogenated alkanes) is 42. The summed E-state index contributed by atoms with van der Waals surface area (Å²) in [5.41, 5.74) is 0. The van der Waals surface area contributed by atoms with Crippen molar-refractivity contribution in [1.82, 2.24) is 0 Å². The molecule has 2 unspecified atom stereocenters. The third-order valence-corrected chi connectivity index (χ3v) is 18.2. The van der Waals surface area contributed by atoms with Crippen LogP contribution in [0.2, 0.25) is 0 Å². The van der Waals surface area contributed by atoms with E-state index in [1.165, 1.54) is 180 Å². The van der Waals surface area contributed by atoms with Crippen LogP contribution in [0.25, 0.3) is 0 Å². The number of carbonyl (C=O) groups excluding carboxylic acids is 4. The Labute approximate surface area is 543 Å². The third-order valence-electron chi connectivity index (χ3n) is 16.3. The van der Waals surface area contributed by atoms with Crippen LogP contribution in [0.4, 0.5) is 0 Å². The second kappa shape index (κ2) is 63.5. The predicted molar refractivity (Wildman–Crippen MR) is 358 cm³/mol. The molecule has 89 heavy (non-hydrogen) atoms. The van der Waals surface area contributed by atoms with Crippen molar-refractivity contribution < 1.29 is 80.2 Å². The molecule has 0 heterocycles. The van der Waals surface area contributed by atoms with Gasteiger partial charge in [-0.1, -0.05) is 311 Å². The minimum atomic E-state index is -4.95. The summed E-state index contributed by atoms with van der Waals surface area (Å²) in [6, 6.07) is 0. The van der Waals surface area contributed by atoms with Crippen molar-refractivity contribution in [3.63, 3.8) is 0 Å². The van der Waals surface area contributed by atoms with Crippen LogP contribution in [-0.4, -0.2) is 96.7 Å². The van der Waals surface area contributed by atoms with Crippen LogP contribution in [0.1, 0.15) is 362 Å². The maximum absolute atomic E-state index is 13.0. The van der Waals surface area contributed by atoms with Crippen molar-refractivity contribution >= 4 is 39.5 Å². The number of ether oxygens (including phenoxy) is 4. The molecule has 3 N–H and O–H groups in total. The van der Waals surface area contributed by atoms with Crippen molar-refractivity contribution in [2.45, 2.75) is 380 Å². The van der Waals surface area contributed by atoms with Gasteiger partial charge in [-0.25, -0.2) is 9.13 Å². The molecular formula is C70H136O17P2. The average molecular weight is 1310 g/mol. The minimum Gasteiger partial charge on any atom is -0.462 e. The lowest BCUT2D eigenvalue weighted by Gasteiger charge is -2.21. The van der Waals surface area contributed by atoms with Crippen LogP contribution in [0.15, 0.2) is 0 Å². The highest BCUT2D eigenvalue weighted by atomic mass is 31.2. The fourth-order valence-electron chi connectivity index (χ4n) is 10.6. The fraction of sp³-hybridized carbons (Fsp3) is 0.943. The Kier molecular flexibility index (Phi) is 62.1. The van der Waals surface area contributed by atoms with Crippen LogP contribution in [0.3, 0.4) is 0 Å². The standard InChI is InChI=1S/C70H136O17P2/c1-6-9-12-15-18-21-24-25-26-27-28-29-32-35-40-46-51-56-70(75)86-65(59-80-67(72)53-48-43-38-33-30-22-19-16-13-10-7-2)61-84-88(76,77)82-57-64(71)58-83-89(78,79)85-62-66(60-81-68(73)54-49-44-41-36-37-42-47-52-63(4)5)87-69(74)55-50-45-39-34-31-23-20-17-14-11-8-3/h63-66,71H,6-62H2,1-5H3,(H,76,77)(H,78,79)/t64-,65-,66-/m1/s1. The number of hydrogen-bond acceptors (Lipinski definition) is 15. The highest BCUT2D eigenvalue weighted by Gasteiger charge is 2.30. The van der Waals surface area contributed by atoms with Gasteiger partial charge in [-0.15, -0.1) is 0 Å². The normalized spacial score (nSPS) is 14.1. The van der Waals surface area contributed by atoms with Gasteiger partial charge in [0.15, 0.2) is 12.2 Å². The van der Waals surface area contributed by atoms with Gasteiger partial charge in [0.05, 0.1) is 26.4 Å². The lowest BCUT2D eigenvalue weighted by Crippen LogP contribution is -2.30. The molecule has 0 saturated carbocycles. The maximum Gasteiger partial charge on any atom is 0.472 e. The summed E-state index contributed by atoms with van der Waals surface area (Å²) in [6.07, 6.45) is 49.9. The van der Waals surface area contributed by atoms with Crippen LogP contribution < -0.4 is 0 Å². The first-order chi connectivity index (χ1) is 43.0. The number of phosphoric ester groups is 2. The highest BCUT2D eigenvalue weighted by Crippen LogP contribution is 2.45. The van der Waals surface area contributed by atoms with E-state index in [1.54, 1.807) is 0 Å². The van der Waals surface area contributed by atoms with Crippen LogP contribution in [0.5, 0.6) is 0 Å². The Morgan fingerprint density at radius 1 is 0.303 bits per heavy atom. The minimum absolute atomic E-state index is 0.106. The molecule has 19 heteroatoms. The molecule has 528 valence electrons. The zero-order chi connectivity index (χ0) is 65.6. The van der Waals surface area contributed by atoms with Crippen molar-refractivity contribution in [3.8, 4) is 0 Å². The van der Waals surface area contributed by atoms with E-state index in [0.717, 1.165) is 96.3 Å². The molecule has 0 fully saturated rings. The summed E-state index contributed by atoms with van der Waals surface area (Å²) in [6.45, 7) is 7.19. The fourth-order valence-corrected chi connectivity index (χ4v) is 12.2. The zero-order valence-electron chi connectivity index (χ0n) is 57.6. The molecule has 0 rings (SSSR count). The summed E-state index contributed by atoms with van der Waals surface area (Å²) >= 11 is 0. The topological polar surface area (TPSA) is 237 Å². The van der Waals surface area contributed by atoms with Gasteiger partial charge in [0, 0.05) is 25.7 Å². The predicted octanol–water partition coefficient (Wildman–Crippen LogP) is 20.1. The lowest BCUT2D eigenvalue weighted by atomic mass is 10.0. The van der Waals surface area contributed by atoms with E-state index in [-0.39, 0.29) is 25.7 Å². The van der Waals surface area contributed by atoms with Gasteiger partial charge < -0.3 is 33.8 Å². The quantitative estimate of drug-likeness (QED) is 0.0222. The zero-order valence-corrected chi connectivity index (χ0v) is 59.4. The monoisotopic (exact) mass is 1310 g/mol. The van der Waals surface area contributed by atoms with E-state index in [9.17, 15) is 43.2 Å². The summed E-state index contributed by atoms with van der Waals surface area (Å²) in [5, 5.41) is 10.6. The maximum atomic E-state index is 13.0. The van der Waals surface area contributed by atoms with E-state index < -0.39 is 97.5 Å². The summed E-state index contributed by atoms with van der Waals surface area (Å²) in [5.74, 6) is -1.42. The molecule has 0 radical (unpaired) electrons. The first-order valence-corrected chi connectivity index (χ1v) is 39.6. The number of esters is 4. The molecule has 0 aromatic rings. The molecule has 0 aliphatic rings. The number of rotatable bonds is 70. The second-order valence-electron chi connectivity index (χ2n) is 25.7. The van der Waals surface area contributed by atoms with E-state index in [2.05, 4.69) is 34.6 Å². The molecular weight excluding hydrogens is 1170 g/mol. The van der Waals surface area contributed by atoms with Gasteiger partial charge in [0.2, 0.25) is 0 Å². The summed E-state index contributed by atoms with van der Waals surface area (Å²) < 4.78 is 68.2. The molecule has 0 aromatic carbocycles. The number of carbonyl (C=O) groups is 4. The molecule has 0 aliphatic carbocycles. The van der Waals surface area contributed by atoms with Gasteiger partial charge in [0.1, 0.15) is 19.3 Å². The van der Waals surface area contributed by atoms with Gasteiger partial charge >= 0.3 is 39.5 Å². The molecule has 0 amide bonds. The summed E-state index contributed by atoms with van der Waals surface area (Å²) in [7, 11) is -9.90. The van der Waals surface area contributed by atoms with E-state index in [1.807, 2.05) is 0 Å². The van der Waals surface area contributed by atoms with Crippen molar-refractivity contribution in [2.75, 3.05) is 39.6 Å². The van der Waals surface area contributed by atoms with E-state index in [0.29, 0.717) is 31.6 Å². The Morgan fingerprint density at radius 3 is 0.764 bits per heavy atom. The van der Waals surface area contributed by atoms with Crippen molar-refractivity contribution in [3.05, 3.63) is 0 Å². The molecule has 0 spiro atoms. The van der Waals surface area contributed by atoms with Crippen LogP contribution in [-0.2, 0) is 65.4 Å². The molecule has 0 saturated heterocycles. The third kappa shape index (κ3) is 64.6. The number of phosphoric acid groups is 2. The Hall–Kier alpha value is -1.94. The van der Waals surface area contributed by atoms with Crippen molar-refractivity contribution in [2.24, 2.45) is 5.92 Å². The van der Waals surface area contributed by atoms with Gasteiger partial charge in [0.25, 0.3) is 0 Å². The van der Waals surface area contributed by atoms with Crippen LogP contribution in [0, 0.1) is 5.92 Å². The first-order valence-electron chi connectivity index (χ1n) is 36.6. The summed E-state index contributed by atoms with van der Waals surface area (Å²) in [4.78, 5) is 72.5. The van der Waals surface area contributed by atoms with Gasteiger partial charge in [-0.05, 0) is 31.6 Å². The Morgan fingerprint density at radius 2 is 0.517 bits per heavy atom. The second-order valence-corrected chi connectivity index (χ2v) is 28.7. The van der Waals surface area contributed by atoms with Crippen molar-refractivity contribution in [1.29, 1.82) is 0 Å². The average Bonchev–Trinajstić information content (AvgIpc) is 3.66. The molecule has 17 nitrogen and oxygen atoms in total. The molecule has 0 aromatic heterocycles. The number of aliphatic hydroxyl groups is 1. The van der Waals surface area contributed by atoms with E-state index in [4.69, 9.17) is 37.0 Å². The number of aliphatic hydroxyl groups excluding tert-OH is 1. The largest absolute Gasteiger partial charge is 0.472 e. The Balaban J connectivity index is 5.22. The SMILES string of the molecule is CCCCCCCCCCCCCCCCCCCC(=O)O[C@H](COC(=O)CCCCCCCCCCCCC)COP(=O)(O)OC[C@@H](O)COP(=O)(O)OC[C@@H](COC(=O)CCCCCCCCCC(C)C)OC(=O)CCCCCCCCCCCCC. The smallest absolute Gasteiger partial charge is 0.462 e. The molecule has 0 bridgehead atoms. The highest BCUT2D eigenvalue weighted by molar-refractivity contribution is 7.47.